The highest BCUT2D eigenvalue weighted by Gasteiger charge is 2.14. The van der Waals surface area contributed by atoms with Gasteiger partial charge in [0.1, 0.15) is 0 Å². The van der Waals surface area contributed by atoms with Gasteiger partial charge in [-0.15, -0.1) is 0 Å². The molecule has 0 atom stereocenters. The van der Waals surface area contributed by atoms with Gasteiger partial charge in [-0.1, -0.05) is 53.8 Å². The van der Waals surface area contributed by atoms with Gasteiger partial charge in [0, 0.05) is 25.3 Å². The van der Waals surface area contributed by atoms with Gasteiger partial charge in [-0.05, 0) is 17.7 Å². The van der Waals surface area contributed by atoms with Crippen LogP contribution in [0.1, 0.15) is 0 Å². The Kier molecular flexibility index (Phi) is 3.62. The number of anilines is 2. The number of hydrogen-bond donors (Lipinski definition) is 1. The number of aromatic nitrogens is 1. The van der Waals surface area contributed by atoms with E-state index in [4.69, 9.17) is 5.73 Å². The molecule has 0 bridgehead atoms. The summed E-state index contributed by atoms with van der Waals surface area (Å²) in [5, 5.41) is 0.596. The summed E-state index contributed by atoms with van der Waals surface area (Å²) in [4.78, 5) is 7.74. The van der Waals surface area contributed by atoms with Crippen LogP contribution >= 0.6 is 11.3 Å². The van der Waals surface area contributed by atoms with Crippen molar-refractivity contribution in [2.75, 3.05) is 24.7 Å². The highest BCUT2D eigenvalue weighted by molar-refractivity contribution is 7.19. The molecule has 0 aliphatic carbocycles. The smallest absolute Gasteiger partial charge is 0.181 e. The Labute approximate surface area is 128 Å². The number of thiazole rings is 1. The summed E-state index contributed by atoms with van der Waals surface area (Å²) in [7, 11) is 4.07. The molecule has 0 spiro atoms. The average Bonchev–Trinajstić information content (AvgIpc) is 2.90. The summed E-state index contributed by atoms with van der Waals surface area (Å²) in [6.07, 6.45) is 0. The molecular weight excluding hydrogens is 278 g/mol. The van der Waals surface area contributed by atoms with E-state index in [2.05, 4.69) is 46.3 Å². The molecule has 0 amide bonds. The zero-order chi connectivity index (χ0) is 14.8. The average molecular weight is 295 g/mol. The Morgan fingerprint density at radius 3 is 2.38 bits per heavy atom. The van der Waals surface area contributed by atoms with Gasteiger partial charge >= 0.3 is 0 Å². The van der Waals surface area contributed by atoms with Gasteiger partial charge in [-0.25, -0.2) is 4.98 Å². The Hall–Kier alpha value is -2.33. The molecule has 2 N–H and O–H groups in total. The van der Waals surface area contributed by atoms with Crippen LogP contribution in [0.25, 0.3) is 21.7 Å². The monoisotopic (exact) mass is 295 g/mol. The van der Waals surface area contributed by atoms with Crippen molar-refractivity contribution in [3.05, 3.63) is 54.6 Å². The van der Waals surface area contributed by atoms with Crippen LogP contribution in [-0.2, 0) is 0 Å². The van der Waals surface area contributed by atoms with Crippen LogP contribution in [0.2, 0.25) is 0 Å². The Bertz CT molecular complexity index is 748. The number of hydrogen-bond acceptors (Lipinski definition) is 4. The van der Waals surface area contributed by atoms with E-state index >= 15 is 0 Å². The summed E-state index contributed by atoms with van der Waals surface area (Å²) in [5.74, 6) is 0. The maximum absolute atomic E-state index is 5.95. The molecule has 0 saturated carbocycles. The molecule has 21 heavy (non-hydrogen) atoms. The lowest BCUT2D eigenvalue weighted by atomic mass is 10.1. The molecule has 0 unspecified atom stereocenters. The summed E-state index contributed by atoms with van der Waals surface area (Å²) in [6, 6.07) is 18.6. The number of benzene rings is 2. The van der Waals surface area contributed by atoms with E-state index in [0.717, 1.165) is 27.4 Å². The Balaban J connectivity index is 2.13. The first-order chi connectivity index (χ1) is 10.1. The molecule has 2 aromatic carbocycles. The number of rotatable bonds is 3. The van der Waals surface area contributed by atoms with Crippen molar-refractivity contribution < 1.29 is 0 Å². The third kappa shape index (κ3) is 2.76. The minimum atomic E-state index is 0.596. The van der Waals surface area contributed by atoms with Crippen molar-refractivity contribution in [2.24, 2.45) is 0 Å². The zero-order valence-corrected chi connectivity index (χ0v) is 12.9. The SMILES string of the molecule is CN(C)c1cccc(-c2nc(N)sc2-c2ccccc2)c1. The van der Waals surface area contributed by atoms with E-state index in [0.29, 0.717) is 5.13 Å². The first-order valence-corrected chi connectivity index (χ1v) is 7.56. The largest absolute Gasteiger partial charge is 0.378 e. The van der Waals surface area contributed by atoms with Crippen LogP contribution in [0.4, 0.5) is 10.8 Å². The molecule has 0 saturated heterocycles. The molecule has 0 fully saturated rings. The summed E-state index contributed by atoms with van der Waals surface area (Å²) in [6.45, 7) is 0. The van der Waals surface area contributed by atoms with Crippen molar-refractivity contribution >= 4 is 22.2 Å². The van der Waals surface area contributed by atoms with Crippen molar-refractivity contribution in [2.45, 2.75) is 0 Å². The van der Waals surface area contributed by atoms with Gasteiger partial charge in [0.05, 0.1) is 10.6 Å². The first-order valence-electron chi connectivity index (χ1n) is 6.74. The molecule has 3 rings (SSSR count). The second kappa shape index (κ2) is 5.58. The number of nitrogens with zero attached hydrogens (tertiary/aromatic N) is 2. The van der Waals surface area contributed by atoms with Gasteiger partial charge < -0.3 is 10.6 Å². The number of nitrogen functional groups attached to an aromatic ring is 1. The van der Waals surface area contributed by atoms with Crippen molar-refractivity contribution in [1.29, 1.82) is 0 Å². The minimum absolute atomic E-state index is 0.596. The Morgan fingerprint density at radius 1 is 0.952 bits per heavy atom. The van der Waals surface area contributed by atoms with Crippen molar-refractivity contribution in [3.8, 4) is 21.7 Å². The molecule has 1 aromatic heterocycles. The third-order valence-corrected chi connectivity index (χ3v) is 4.25. The third-order valence-electron chi connectivity index (χ3n) is 3.32. The van der Waals surface area contributed by atoms with E-state index in [1.54, 1.807) is 0 Å². The summed E-state index contributed by atoms with van der Waals surface area (Å²) >= 11 is 1.53. The van der Waals surface area contributed by atoms with Gasteiger partial charge in [-0.3, -0.25) is 0 Å². The number of nitrogens with two attached hydrogens (primary N) is 1. The van der Waals surface area contributed by atoms with Gasteiger partial charge in [0.2, 0.25) is 0 Å². The summed E-state index contributed by atoms with van der Waals surface area (Å²) < 4.78 is 0. The molecule has 1 heterocycles. The van der Waals surface area contributed by atoms with Gasteiger partial charge in [0.15, 0.2) is 5.13 Å². The van der Waals surface area contributed by atoms with E-state index in [1.165, 1.54) is 11.3 Å². The topological polar surface area (TPSA) is 42.2 Å². The van der Waals surface area contributed by atoms with Crippen LogP contribution in [0.5, 0.6) is 0 Å². The fourth-order valence-electron chi connectivity index (χ4n) is 2.25. The highest BCUT2D eigenvalue weighted by atomic mass is 32.1. The predicted octanol–water partition coefficient (Wildman–Crippen LogP) is 4.13. The van der Waals surface area contributed by atoms with E-state index < -0.39 is 0 Å². The zero-order valence-electron chi connectivity index (χ0n) is 12.1. The second-order valence-electron chi connectivity index (χ2n) is 5.04. The fourth-order valence-corrected chi connectivity index (χ4v) is 3.11. The minimum Gasteiger partial charge on any atom is -0.378 e. The standard InChI is InChI=1S/C17H17N3S/c1-20(2)14-10-6-9-13(11-14)15-16(21-17(18)19-15)12-7-4-3-5-8-12/h3-11H,1-2H3,(H2,18,19). The van der Waals surface area contributed by atoms with Crippen molar-refractivity contribution in [3.63, 3.8) is 0 Å². The van der Waals surface area contributed by atoms with E-state index in [-0.39, 0.29) is 0 Å². The van der Waals surface area contributed by atoms with E-state index in [9.17, 15) is 0 Å². The normalized spacial score (nSPS) is 10.6. The van der Waals surface area contributed by atoms with Crippen LogP contribution in [-0.4, -0.2) is 19.1 Å². The second-order valence-corrected chi connectivity index (χ2v) is 6.07. The predicted molar refractivity (Wildman–Crippen MR) is 91.7 cm³/mol. The molecule has 4 heteroatoms. The molecule has 3 nitrogen and oxygen atoms in total. The quantitative estimate of drug-likeness (QED) is 0.790. The molecule has 0 aliphatic heterocycles. The molecule has 3 aromatic rings. The van der Waals surface area contributed by atoms with Gasteiger partial charge in [0.25, 0.3) is 0 Å². The van der Waals surface area contributed by atoms with Crippen LogP contribution in [0.15, 0.2) is 54.6 Å². The highest BCUT2D eigenvalue weighted by Crippen LogP contribution is 2.38. The fraction of sp³-hybridized carbons (Fsp3) is 0.118. The molecular formula is C17H17N3S. The van der Waals surface area contributed by atoms with Crippen molar-refractivity contribution in [1.82, 2.24) is 4.98 Å². The lowest BCUT2D eigenvalue weighted by Gasteiger charge is -2.13. The molecule has 0 aliphatic rings. The summed E-state index contributed by atoms with van der Waals surface area (Å²) in [5.41, 5.74) is 10.3. The Morgan fingerprint density at radius 2 is 1.67 bits per heavy atom. The van der Waals surface area contributed by atoms with Crippen LogP contribution < -0.4 is 10.6 Å². The van der Waals surface area contributed by atoms with Crippen LogP contribution in [0, 0.1) is 0 Å². The van der Waals surface area contributed by atoms with Gasteiger partial charge in [-0.2, -0.15) is 0 Å². The van der Waals surface area contributed by atoms with E-state index in [1.807, 2.05) is 32.3 Å². The van der Waals surface area contributed by atoms with Crippen LogP contribution in [0.3, 0.4) is 0 Å². The maximum atomic E-state index is 5.95. The lowest BCUT2D eigenvalue weighted by molar-refractivity contribution is 1.13. The first kappa shape index (κ1) is 13.6. The lowest BCUT2D eigenvalue weighted by Crippen LogP contribution is -2.08. The molecule has 0 radical (unpaired) electrons. The maximum Gasteiger partial charge on any atom is 0.181 e. The molecule has 106 valence electrons.